The largest absolute Gasteiger partial charge is 0.368 e. The molecule has 2 unspecified atom stereocenters. The number of aryl methyl sites for hydroxylation is 1. The number of nitrogens with zero attached hydrogens (tertiary/aromatic N) is 3. The summed E-state index contributed by atoms with van der Waals surface area (Å²) in [7, 11) is 1.87. The maximum absolute atomic E-state index is 13.5. The van der Waals surface area contributed by atoms with Crippen molar-refractivity contribution in [3.8, 4) is 0 Å². The maximum Gasteiger partial charge on any atom is 0.237 e. The number of primary amides is 1. The molecule has 34 heavy (non-hydrogen) atoms. The third-order valence-electron chi connectivity index (χ3n) is 6.43. The molecule has 3 N–H and O–H groups in total. The molecule has 3 aromatic rings. The lowest BCUT2D eigenvalue weighted by Gasteiger charge is -2.28. The molecule has 2 aromatic heterocycles. The summed E-state index contributed by atoms with van der Waals surface area (Å²) in [5, 5.41) is 4.41. The summed E-state index contributed by atoms with van der Waals surface area (Å²) in [6.07, 6.45) is 4.63. The Morgan fingerprint density at radius 2 is 2.03 bits per heavy atom. The van der Waals surface area contributed by atoms with Gasteiger partial charge in [-0.3, -0.25) is 14.5 Å². The van der Waals surface area contributed by atoms with Crippen molar-refractivity contribution in [2.45, 2.75) is 38.4 Å². The summed E-state index contributed by atoms with van der Waals surface area (Å²) in [6.45, 7) is 2.56. The summed E-state index contributed by atoms with van der Waals surface area (Å²) in [5.74, 6) is -1.06. The third-order valence-corrected chi connectivity index (χ3v) is 7.02. The highest BCUT2D eigenvalue weighted by Crippen LogP contribution is 2.29. The second-order valence-corrected chi connectivity index (χ2v) is 9.68. The molecule has 0 aliphatic carbocycles. The molecule has 1 saturated heterocycles. The van der Waals surface area contributed by atoms with Crippen molar-refractivity contribution in [3.63, 3.8) is 0 Å². The van der Waals surface area contributed by atoms with Gasteiger partial charge in [0.25, 0.3) is 0 Å². The van der Waals surface area contributed by atoms with E-state index in [1.165, 1.54) is 6.07 Å². The van der Waals surface area contributed by atoms with Gasteiger partial charge < -0.3 is 15.6 Å². The molecule has 7 nitrogen and oxygen atoms in total. The molecule has 0 spiro atoms. The van der Waals surface area contributed by atoms with Crippen LogP contribution in [0.2, 0.25) is 10.0 Å². The van der Waals surface area contributed by atoms with Crippen LogP contribution in [0.4, 0.5) is 4.39 Å². The van der Waals surface area contributed by atoms with E-state index in [1.807, 2.05) is 22.6 Å². The quantitative estimate of drug-likeness (QED) is 0.514. The number of nitrogens with two attached hydrogens (primary N) is 1. The van der Waals surface area contributed by atoms with Crippen molar-refractivity contribution in [1.29, 1.82) is 0 Å². The number of aromatic nitrogens is 2. The molecule has 4 rings (SSSR count). The van der Waals surface area contributed by atoms with Crippen LogP contribution in [-0.4, -0.2) is 44.9 Å². The molecule has 180 valence electrons. The molecule has 3 heterocycles. The molecular weight excluding hydrogens is 480 g/mol. The fraction of sp³-hybridized carbons (Fsp3) is 0.375. The van der Waals surface area contributed by atoms with Crippen LogP contribution in [0.5, 0.6) is 0 Å². The molecule has 1 fully saturated rings. The molecule has 1 aliphatic rings. The minimum Gasteiger partial charge on any atom is -0.368 e. The second kappa shape index (κ2) is 9.90. The second-order valence-electron chi connectivity index (χ2n) is 8.87. The van der Waals surface area contributed by atoms with Gasteiger partial charge in [0.05, 0.1) is 22.1 Å². The number of hydrogen-bond acceptors (Lipinski definition) is 4. The van der Waals surface area contributed by atoms with Crippen molar-refractivity contribution >= 4 is 46.0 Å². The van der Waals surface area contributed by atoms with Crippen LogP contribution in [0.25, 0.3) is 11.0 Å². The first-order valence-corrected chi connectivity index (χ1v) is 11.8. The zero-order valence-corrected chi connectivity index (χ0v) is 20.4. The van der Waals surface area contributed by atoms with Gasteiger partial charge in [0.15, 0.2) is 0 Å². The van der Waals surface area contributed by atoms with E-state index in [0.29, 0.717) is 24.4 Å². The van der Waals surface area contributed by atoms with Gasteiger partial charge in [-0.2, -0.15) is 0 Å². The van der Waals surface area contributed by atoms with Crippen LogP contribution in [0.1, 0.15) is 24.5 Å². The zero-order chi connectivity index (χ0) is 24.6. The van der Waals surface area contributed by atoms with Gasteiger partial charge in [-0.05, 0) is 55.0 Å². The Morgan fingerprint density at radius 3 is 2.74 bits per heavy atom. The highest BCUT2D eigenvalue weighted by atomic mass is 35.5. The molecule has 3 atom stereocenters. The third kappa shape index (κ3) is 5.04. The number of benzene rings is 1. The van der Waals surface area contributed by atoms with Gasteiger partial charge in [-0.1, -0.05) is 29.3 Å². The van der Waals surface area contributed by atoms with E-state index in [0.717, 1.165) is 22.2 Å². The van der Waals surface area contributed by atoms with Crippen molar-refractivity contribution in [1.82, 2.24) is 19.8 Å². The van der Waals surface area contributed by atoms with Crippen molar-refractivity contribution in [3.05, 3.63) is 63.6 Å². The predicted molar refractivity (Wildman–Crippen MR) is 130 cm³/mol. The predicted octanol–water partition coefficient (Wildman–Crippen LogP) is 3.44. The number of pyridine rings is 1. The minimum atomic E-state index is -0.559. The number of carbonyl (C=O) groups is 2. The number of halogens is 3. The van der Waals surface area contributed by atoms with Crippen LogP contribution >= 0.6 is 23.2 Å². The van der Waals surface area contributed by atoms with E-state index in [2.05, 4.69) is 10.3 Å². The Bertz CT molecular complexity index is 1250. The number of likely N-dealkylation sites (tertiary alicyclic amines) is 1. The van der Waals surface area contributed by atoms with Crippen molar-refractivity contribution < 1.29 is 14.0 Å². The van der Waals surface area contributed by atoms with E-state index >= 15 is 0 Å². The van der Waals surface area contributed by atoms with E-state index in [-0.39, 0.29) is 23.4 Å². The molecule has 1 aliphatic heterocycles. The molecule has 0 bridgehead atoms. The van der Waals surface area contributed by atoms with Gasteiger partial charge in [0.1, 0.15) is 11.5 Å². The molecule has 0 radical (unpaired) electrons. The van der Waals surface area contributed by atoms with Crippen LogP contribution < -0.4 is 11.1 Å². The molecule has 1 aromatic carbocycles. The van der Waals surface area contributed by atoms with E-state index in [4.69, 9.17) is 28.9 Å². The average molecular weight is 506 g/mol. The fourth-order valence-corrected chi connectivity index (χ4v) is 5.14. The Balaban J connectivity index is 1.41. The van der Waals surface area contributed by atoms with Gasteiger partial charge >= 0.3 is 0 Å². The summed E-state index contributed by atoms with van der Waals surface area (Å²) < 4.78 is 15.3. The highest BCUT2D eigenvalue weighted by molar-refractivity contribution is 6.35. The molecule has 10 heteroatoms. The summed E-state index contributed by atoms with van der Waals surface area (Å²) in [5.41, 5.74) is 8.12. The number of fused-ring (bicyclic) bond motifs is 1. The van der Waals surface area contributed by atoms with Crippen molar-refractivity contribution in [2.24, 2.45) is 18.7 Å². The first-order valence-electron chi connectivity index (χ1n) is 11.0. The van der Waals surface area contributed by atoms with E-state index < -0.39 is 23.8 Å². The SMILES string of the molecule is C[C@@H](C(=O)NCc1cnc2c(c1)c(Cl)cn2C)N1CC(Cc2ccc(F)c(Cl)c2)CC1C(N)=O. The van der Waals surface area contributed by atoms with Crippen LogP contribution in [0, 0.1) is 11.7 Å². The fourth-order valence-electron chi connectivity index (χ4n) is 4.65. The smallest absolute Gasteiger partial charge is 0.237 e. The Labute approximate surface area is 207 Å². The first-order chi connectivity index (χ1) is 16.1. The monoisotopic (exact) mass is 505 g/mol. The molecular formula is C24H26Cl2FN5O2. The van der Waals surface area contributed by atoms with Gasteiger partial charge in [-0.25, -0.2) is 9.37 Å². The first kappa shape index (κ1) is 24.4. The maximum atomic E-state index is 13.5. The Kier molecular flexibility index (Phi) is 7.12. The Hall–Kier alpha value is -2.68. The summed E-state index contributed by atoms with van der Waals surface area (Å²) >= 11 is 12.2. The number of nitrogens with one attached hydrogen (secondary N) is 1. The Morgan fingerprint density at radius 1 is 1.26 bits per heavy atom. The normalized spacial score (nSPS) is 19.4. The van der Waals surface area contributed by atoms with Gasteiger partial charge in [0, 0.05) is 37.9 Å². The van der Waals surface area contributed by atoms with E-state index in [9.17, 15) is 14.0 Å². The highest BCUT2D eigenvalue weighted by Gasteiger charge is 2.40. The average Bonchev–Trinajstić information content (AvgIpc) is 3.34. The van der Waals surface area contributed by atoms with Crippen LogP contribution in [0.15, 0.2) is 36.7 Å². The lowest BCUT2D eigenvalue weighted by Crippen LogP contribution is -2.51. The standard InChI is InChI=1S/C24H26Cl2FN5O2/c1-13(24(34)30-10-16-6-17-19(26)12-31(2)23(17)29-9-16)32-11-15(8-21(32)22(28)33)5-14-3-4-20(27)18(25)7-14/h3-4,6-7,9,12-13,15,21H,5,8,10-11H2,1-2H3,(H2,28,33)(H,30,34)/t13-,15?,21?/m0/s1. The minimum absolute atomic E-state index is 0.0658. The summed E-state index contributed by atoms with van der Waals surface area (Å²) in [4.78, 5) is 31.3. The topological polar surface area (TPSA) is 93.2 Å². The van der Waals surface area contributed by atoms with E-state index in [1.54, 1.807) is 31.5 Å². The van der Waals surface area contributed by atoms with Gasteiger partial charge in [0.2, 0.25) is 11.8 Å². The lowest BCUT2D eigenvalue weighted by molar-refractivity contribution is -0.129. The number of amides is 2. The van der Waals surface area contributed by atoms with Crippen LogP contribution in [-0.2, 0) is 29.6 Å². The number of hydrogen-bond donors (Lipinski definition) is 2. The zero-order valence-electron chi connectivity index (χ0n) is 18.9. The molecule has 2 amide bonds. The molecule has 0 saturated carbocycles. The number of carbonyl (C=O) groups excluding carboxylic acids is 2. The number of rotatable bonds is 7. The van der Waals surface area contributed by atoms with Crippen molar-refractivity contribution in [2.75, 3.05) is 6.54 Å². The van der Waals surface area contributed by atoms with Crippen LogP contribution in [0.3, 0.4) is 0 Å². The lowest BCUT2D eigenvalue weighted by atomic mass is 9.96. The van der Waals surface area contributed by atoms with Gasteiger partial charge in [-0.15, -0.1) is 0 Å². The summed E-state index contributed by atoms with van der Waals surface area (Å²) in [6, 6.07) is 5.41.